The van der Waals surface area contributed by atoms with Crippen LogP contribution in [0.2, 0.25) is 0 Å². The van der Waals surface area contributed by atoms with Crippen molar-refractivity contribution in [2.45, 2.75) is 11.6 Å². The van der Waals surface area contributed by atoms with Gasteiger partial charge in [-0.25, -0.2) is 4.98 Å². The standard InChI is InChI=1S/C21H20N6O3S2/c1-27-17(11-18(28)22-13-6-5-7-14(10-13)30-2)25-26-21(27)31-12-19(29)24-20-23-15-8-3-4-9-16(15)32-20/h3-10H,11-12H2,1-2H3,(H,22,28)(H,23,24,29). The van der Waals surface area contributed by atoms with Crippen LogP contribution in [0, 0.1) is 0 Å². The molecule has 0 spiro atoms. The number of carbonyl (C=O) groups is 2. The Balaban J connectivity index is 1.31. The van der Waals surface area contributed by atoms with Gasteiger partial charge in [-0.1, -0.05) is 41.3 Å². The molecular weight excluding hydrogens is 448 g/mol. The quantitative estimate of drug-likeness (QED) is 0.382. The molecule has 0 atom stereocenters. The molecule has 0 aliphatic heterocycles. The molecule has 2 amide bonds. The molecule has 32 heavy (non-hydrogen) atoms. The summed E-state index contributed by atoms with van der Waals surface area (Å²) >= 11 is 2.67. The van der Waals surface area contributed by atoms with Crippen LogP contribution in [0.5, 0.6) is 5.75 Å². The van der Waals surface area contributed by atoms with E-state index in [0.717, 1.165) is 10.2 Å². The van der Waals surface area contributed by atoms with Gasteiger partial charge in [0.25, 0.3) is 0 Å². The van der Waals surface area contributed by atoms with Crippen molar-refractivity contribution in [1.82, 2.24) is 19.7 Å². The minimum atomic E-state index is -0.223. The molecular formula is C21H20N6O3S2. The van der Waals surface area contributed by atoms with Gasteiger partial charge >= 0.3 is 0 Å². The molecule has 0 bridgehead atoms. The summed E-state index contributed by atoms with van der Waals surface area (Å²) in [6.45, 7) is 0. The van der Waals surface area contributed by atoms with Gasteiger partial charge < -0.3 is 19.9 Å². The van der Waals surface area contributed by atoms with E-state index in [0.29, 0.717) is 27.5 Å². The first-order valence-corrected chi connectivity index (χ1v) is 11.4. The molecule has 0 saturated carbocycles. The number of anilines is 2. The average molecular weight is 469 g/mol. The van der Waals surface area contributed by atoms with Crippen molar-refractivity contribution in [3.8, 4) is 5.75 Å². The molecule has 0 unspecified atom stereocenters. The Kier molecular flexibility index (Phi) is 6.66. The zero-order chi connectivity index (χ0) is 22.5. The normalized spacial score (nSPS) is 10.8. The van der Waals surface area contributed by atoms with Gasteiger partial charge in [-0.3, -0.25) is 9.59 Å². The van der Waals surface area contributed by atoms with Crippen LogP contribution in [0.25, 0.3) is 10.2 Å². The van der Waals surface area contributed by atoms with Gasteiger partial charge in [0.15, 0.2) is 10.3 Å². The summed E-state index contributed by atoms with van der Waals surface area (Å²) in [4.78, 5) is 29.1. The fraction of sp³-hybridized carbons (Fsp3) is 0.190. The number of benzene rings is 2. The second-order valence-electron chi connectivity index (χ2n) is 6.74. The monoisotopic (exact) mass is 468 g/mol. The van der Waals surface area contributed by atoms with Crippen LogP contribution in [-0.4, -0.2) is 44.4 Å². The molecule has 0 saturated heterocycles. The largest absolute Gasteiger partial charge is 0.497 e. The van der Waals surface area contributed by atoms with E-state index in [1.54, 1.807) is 43.0 Å². The maximum atomic E-state index is 12.4. The number of amides is 2. The van der Waals surface area contributed by atoms with Gasteiger partial charge in [0.1, 0.15) is 11.6 Å². The molecule has 2 heterocycles. The summed E-state index contributed by atoms with van der Waals surface area (Å²) in [5.41, 5.74) is 1.49. The molecule has 11 heteroatoms. The van der Waals surface area contributed by atoms with Crippen molar-refractivity contribution in [3.63, 3.8) is 0 Å². The summed E-state index contributed by atoms with van der Waals surface area (Å²) in [5, 5.41) is 14.9. The van der Waals surface area contributed by atoms with E-state index in [4.69, 9.17) is 4.74 Å². The second-order valence-corrected chi connectivity index (χ2v) is 8.71. The first-order chi connectivity index (χ1) is 15.5. The zero-order valence-corrected chi connectivity index (χ0v) is 19.0. The van der Waals surface area contributed by atoms with Crippen molar-refractivity contribution >= 4 is 55.9 Å². The predicted octanol–water partition coefficient (Wildman–Crippen LogP) is 3.35. The van der Waals surface area contributed by atoms with Gasteiger partial charge in [0.05, 0.1) is 29.5 Å². The number of methoxy groups -OCH3 is 1. The maximum absolute atomic E-state index is 12.4. The second kappa shape index (κ2) is 9.79. The number of fused-ring (bicyclic) bond motifs is 1. The van der Waals surface area contributed by atoms with Crippen LogP contribution < -0.4 is 15.4 Å². The Morgan fingerprint density at radius 2 is 1.94 bits per heavy atom. The van der Waals surface area contributed by atoms with Crippen molar-refractivity contribution in [2.75, 3.05) is 23.5 Å². The SMILES string of the molecule is COc1cccc(NC(=O)Cc2nnc(SCC(=O)Nc3nc4ccccc4s3)n2C)c1. The zero-order valence-electron chi connectivity index (χ0n) is 17.4. The number of aromatic nitrogens is 4. The fourth-order valence-corrected chi connectivity index (χ4v) is 4.50. The van der Waals surface area contributed by atoms with E-state index in [1.807, 2.05) is 24.3 Å². The van der Waals surface area contributed by atoms with Crippen LogP contribution >= 0.6 is 23.1 Å². The third-order valence-electron chi connectivity index (χ3n) is 4.47. The molecule has 2 aromatic heterocycles. The molecule has 0 fully saturated rings. The first-order valence-electron chi connectivity index (χ1n) is 9.62. The Morgan fingerprint density at radius 3 is 2.75 bits per heavy atom. The Bertz CT molecular complexity index is 1240. The Labute approximate surface area is 192 Å². The van der Waals surface area contributed by atoms with E-state index in [1.165, 1.54) is 23.1 Å². The lowest BCUT2D eigenvalue weighted by atomic mass is 10.3. The minimum Gasteiger partial charge on any atom is -0.497 e. The molecule has 2 aromatic carbocycles. The summed E-state index contributed by atoms with van der Waals surface area (Å²) in [6, 6.07) is 14.8. The van der Waals surface area contributed by atoms with E-state index in [-0.39, 0.29) is 24.0 Å². The van der Waals surface area contributed by atoms with Crippen molar-refractivity contribution < 1.29 is 14.3 Å². The highest BCUT2D eigenvalue weighted by atomic mass is 32.2. The number of carbonyl (C=O) groups excluding carboxylic acids is 2. The molecule has 164 valence electrons. The molecule has 0 aliphatic rings. The minimum absolute atomic E-state index is 0.0547. The molecule has 0 aliphatic carbocycles. The van der Waals surface area contributed by atoms with Gasteiger partial charge in [0.2, 0.25) is 11.8 Å². The van der Waals surface area contributed by atoms with Crippen LogP contribution in [0.4, 0.5) is 10.8 Å². The van der Waals surface area contributed by atoms with Crippen molar-refractivity contribution in [1.29, 1.82) is 0 Å². The Hall–Kier alpha value is -3.44. The number of nitrogens with zero attached hydrogens (tertiary/aromatic N) is 4. The van der Waals surface area contributed by atoms with Crippen molar-refractivity contribution in [2.24, 2.45) is 7.05 Å². The molecule has 4 aromatic rings. The number of nitrogens with one attached hydrogen (secondary N) is 2. The molecule has 2 N–H and O–H groups in total. The topological polar surface area (TPSA) is 111 Å². The highest BCUT2D eigenvalue weighted by Gasteiger charge is 2.15. The van der Waals surface area contributed by atoms with Crippen LogP contribution in [-0.2, 0) is 23.1 Å². The van der Waals surface area contributed by atoms with Crippen LogP contribution in [0.15, 0.2) is 53.7 Å². The third kappa shape index (κ3) is 5.24. The van der Waals surface area contributed by atoms with Crippen LogP contribution in [0.1, 0.15) is 5.82 Å². The summed E-state index contributed by atoms with van der Waals surface area (Å²) in [5.74, 6) is 0.898. The number of rotatable bonds is 8. The lowest BCUT2D eigenvalue weighted by molar-refractivity contribution is -0.116. The van der Waals surface area contributed by atoms with Gasteiger partial charge in [-0.05, 0) is 24.3 Å². The summed E-state index contributed by atoms with van der Waals surface area (Å²) < 4.78 is 7.88. The van der Waals surface area contributed by atoms with Crippen LogP contribution in [0.3, 0.4) is 0 Å². The highest BCUT2D eigenvalue weighted by molar-refractivity contribution is 7.99. The van der Waals surface area contributed by atoms with Gasteiger partial charge in [-0.15, -0.1) is 10.2 Å². The molecule has 0 radical (unpaired) electrons. The number of thiazole rings is 1. The number of thioether (sulfide) groups is 1. The lowest BCUT2D eigenvalue weighted by Crippen LogP contribution is -2.17. The highest BCUT2D eigenvalue weighted by Crippen LogP contribution is 2.26. The van der Waals surface area contributed by atoms with Gasteiger partial charge in [-0.2, -0.15) is 0 Å². The first kappa shape index (κ1) is 21.8. The molecule has 4 rings (SSSR count). The smallest absolute Gasteiger partial charge is 0.236 e. The van der Waals surface area contributed by atoms with E-state index in [9.17, 15) is 9.59 Å². The number of ether oxygens (including phenoxy) is 1. The van der Waals surface area contributed by atoms with E-state index < -0.39 is 0 Å². The Morgan fingerprint density at radius 1 is 1.09 bits per heavy atom. The molecule has 9 nitrogen and oxygen atoms in total. The van der Waals surface area contributed by atoms with E-state index >= 15 is 0 Å². The summed E-state index contributed by atoms with van der Waals surface area (Å²) in [6.07, 6.45) is 0.0547. The third-order valence-corrected chi connectivity index (χ3v) is 6.44. The summed E-state index contributed by atoms with van der Waals surface area (Å²) in [7, 11) is 3.33. The van der Waals surface area contributed by atoms with Crippen molar-refractivity contribution in [3.05, 3.63) is 54.4 Å². The lowest BCUT2D eigenvalue weighted by Gasteiger charge is -2.07. The maximum Gasteiger partial charge on any atom is 0.236 e. The van der Waals surface area contributed by atoms with E-state index in [2.05, 4.69) is 25.8 Å². The average Bonchev–Trinajstić information content (AvgIpc) is 3.35. The fourth-order valence-electron chi connectivity index (χ4n) is 2.89. The number of hydrogen-bond acceptors (Lipinski definition) is 8. The number of para-hydroxylation sites is 1. The van der Waals surface area contributed by atoms with Gasteiger partial charge in [0, 0.05) is 18.8 Å². The predicted molar refractivity (Wildman–Crippen MR) is 125 cm³/mol. The number of hydrogen-bond donors (Lipinski definition) is 2.